The number of carbonyl (C=O) groups excluding carboxylic acids is 4. The van der Waals surface area contributed by atoms with Crippen molar-refractivity contribution in [2.45, 2.75) is 56.7 Å². The third-order valence-electron chi connectivity index (χ3n) is 5.00. The Morgan fingerprint density at radius 1 is 1.33 bits per heavy atom. The van der Waals surface area contributed by atoms with Gasteiger partial charge in [0.05, 0.1) is 12.0 Å². The van der Waals surface area contributed by atoms with Crippen LogP contribution in [0.1, 0.15) is 37.8 Å². The minimum absolute atomic E-state index is 0.176. The first-order chi connectivity index (χ1) is 13.0. The second kappa shape index (κ2) is 8.19. The first-order valence-corrected chi connectivity index (χ1v) is 9.13. The van der Waals surface area contributed by atoms with Crippen molar-refractivity contribution >= 4 is 23.6 Å². The van der Waals surface area contributed by atoms with Crippen LogP contribution in [0.3, 0.4) is 0 Å². The van der Waals surface area contributed by atoms with Crippen molar-refractivity contribution in [3.63, 3.8) is 0 Å². The Hall–Kier alpha value is -2.91. The number of imidazole rings is 1. The van der Waals surface area contributed by atoms with Gasteiger partial charge in [-0.05, 0) is 25.7 Å². The molecule has 2 aliphatic rings. The molecule has 0 aliphatic carbocycles. The van der Waals surface area contributed by atoms with E-state index in [0.717, 1.165) is 0 Å². The molecular formula is C17H24N6O4. The van der Waals surface area contributed by atoms with Gasteiger partial charge in [-0.25, -0.2) is 4.98 Å². The van der Waals surface area contributed by atoms with Gasteiger partial charge in [0.1, 0.15) is 18.1 Å². The first kappa shape index (κ1) is 18.9. The van der Waals surface area contributed by atoms with E-state index in [9.17, 15) is 19.2 Å². The fourth-order valence-electron chi connectivity index (χ4n) is 3.61. The Kier molecular flexibility index (Phi) is 5.72. The highest BCUT2D eigenvalue weighted by molar-refractivity contribution is 5.94. The molecular weight excluding hydrogens is 352 g/mol. The number of nitrogens with two attached hydrogens (primary N) is 1. The minimum atomic E-state index is -0.889. The fourth-order valence-corrected chi connectivity index (χ4v) is 3.61. The van der Waals surface area contributed by atoms with Gasteiger partial charge in [0.2, 0.25) is 23.6 Å². The lowest BCUT2D eigenvalue weighted by molar-refractivity contribution is -0.141. The van der Waals surface area contributed by atoms with E-state index in [2.05, 4.69) is 20.6 Å². The summed E-state index contributed by atoms with van der Waals surface area (Å²) in [6.07, 6.45) is 6.05. The molecule has 10 heteroatoms. The van der Waals surface area contributed by atoms with Crippen molar-refractivity contribution in [3.05, 3.63) is 18.2 Å². The van der Waals surface area contributed by atoms with E-state index in [4.69, 9.17) is 5.73 Å². The maximum absolute atomic E-state index is 13.0. The Morgan fingerprint density at radius 2 is 2.15 bits per heavy atom. The van der Waals surface area contributed by atoms with E-state index < -0.39 is 29.9 Å². The topological polar surface area (TPSA) is 150 Å². The smallest absolute Gasteiger partial charge is 0.246 e. The number of hydrogen-bond acceptors (Lipinski definition) is 5. The summed E-state index contributed by atoms with van der Waals surface area (Å²) in [6.45, 7) is 0.416. The summed E-state index contributed by atoms with van der Waals surface area (Å²) in [6, 6.07) is -2.21. The molecule has 0 saturated carbocycles. The van der Waals surface area contributed by atoms with E-state index in [1.165, 1.54) is 11.2 Å². The number of amides is 4. The van der Waals surface area contributed by atoms with Crippen molar-refractivity contribution < 1.29 is 19.2 Å². The molecule has 0 spiro atoms. The number of carbonyl (C=O) groups is 4. The second-order valence-electron chi connectivity index (χ2n) is 6.93. The first-order valence-electron chi connectivity index (χ1n) is 9.13. The van der Waals surface area contributed by atoms with Crippen molar-refractivity contribution in [2.24, 2.45) is 5.73 Å². The molecule has 0 aromatic carbocycles. The van der Waals surface area contributed by atoms with Crippen LogP contribution in [0.25, 0.3) is 0 Å². The molecule has 2 fully saturated rings. The fraction of sp³-hybridized carbons (Fsp3) is 0.588. The standard InChI is InChI=1S/C17H24N6O4/c18-15(25)13-4-2-6-23(13)17(27)12(7-10-8-19-9-20-10)22-16(26)11-3-1-5-14(24)21-11/h8-9,11-13H,1-7H2,(H2,18,25)(H,19,20)(H,21,24)(H,22,26)/t11?,12-,13-/m0/s1. The zero-order valence-electron chi connectivity index (χ0n) is 14.9. The zero-order valence-corrected chi connectivity index (χ0v) is 14.9. The average molecular weight is 376 g/mol. The molecule has 27 heavy (non-hydrogen) atoms. The predicted octanol–water partition coefficient (Wildman–Crippen LogP) is -1.42. The number of nitrogens with zero attached hydrogens (tertiary/aromatic N) is 2. The van der Waals surface area contributed by atoms with Gasteiger partial charge in [0.15, 0.2) is 0 Å². The van der Waals surface area contributed by atoms with Gasteiger partial charge in [-0.2, -0.15) is 0 Å². The molecule has 3 heterocycles. The Balaban J connectivity index is 1.74. The number of rotatable bonds is 6. The lowest BCUT2D eigenvalue weighted by Crippen LogP contribution is -2.57. The highest BCUT2D eigenvalue weighted by Gasteiger charge is 2.38. The quantitative estimate of drug-likeness (QED) is 0.481. The number of likely N-dealkylation sites (tertiary alicyclic amines) is 1. The minimum Gasteiger partial charge on any atom is -0.368 e. The van der Waals surface area contributed by atoms with Gasteiger partial charge in [-0.15, -0.1) is 0 Å². The summed E-state index contributed by atoms with van der Waals surface area (Å²) in [7, 11) is 0. The Morgan fingerprint density at radius 3 is 2.81 bits per heavy atom. The van der Waals surface area contributed by atoms with Crippen LogP contribution in [0.2, 0.25) is 0 Å². The molecule has 4 amide bonds. The number of primary amides is 1. The van der Waals surface area contributed by atoms with Crippen molar-refractivity contribution in [2.75, 3.05) is 6.54 Å². The van der Waals surface area contributed by atoms with E-state index in [0.29, 0.717) is 44.3 Å². The lowest BCUT2D eigenvalue weighted by atomic mass is 10.0. The number of H-pyrrole nitrogens is 1. The van der Waals surface area contributed by atoms with Gasteiger partial charge < -0.3 is 26.3 Å². The lowest BCUT2D eigenvalue weighted by Gasteiger charge is -2.29. The van der Waals surface area contributed by atoms with Gasteiger partial charge in [-0.3, -0.25) is 19.2 Å². The SMILES string of the molecule is NC(=O)[C@@H]1CCCN1C(=O)[C@H](Cc1c[nH]cn1)NC(=O)C1CCCC(=O)N1. The van der Waals surface area contributed by atoms with E-state index in [-0.39, 0.29) is 18.2 Å². The number of hydrogen-bond donors (Lipinski definition) is 4. The van der Waals surface area contributed by atoms with E-state index >= 15 is 0 Å². The van der Waals surface area contributed by atoms with Crippen LogP contribution < -0.4 is 16.4 Å². The normalized spacial score (nSPS) is 23.6. The molecule has 5 N–H and O–H groups in total. The van der Waals surface area contributed by atoms with E-state index in [1.54, 1.807) is 6.20 Å². The van der Waals surface area contributed by atoms with Gasteiger partial charge >= 0.3 is 0 Å². The molecule has 3 atom stereocenters. The second-order valence-corrected chi connectivity index (χ2v) is 6.93. The maximum Gasteiger partial charge on any atom is 0.246 e. The molecule has 1 aromatic heterocycles. The average Bonchev–Trinajstić information content (AvgIpc) is 3.32. The third kappa shape index (κ3) is 4.44. The predicted molar refractivity (Wildman–Crippen MR) is 93.9 cm³/mol. The molecule has 0 radical (unpaired) electrons. The molecule has 0 bridgehead atoms. The summed E-state index contributed by atoms with van der Waals surface area (Å²) < 4.78 is 0. The third-order valence-corrected chi connectivity index (χ3v) is 5.00. The van der Waals surface area contributed by atoms with Gasteiger partial charge in [-0.1, -0.05) is 0 Å². The highest BCUT2D eigenvalue weighted by atomic mass is 16.2. The monoisotopic (exact) mass is 376 g/mol. The summed E-state index contributed by atoms with van der Waals surface area (Å²) in [4.78, 5) is 57.2. The van der Waals surface area contributed by atoms with Crippen LogP contribution in [-0.4, -0.2) is 63.2 Å². The Labute approximate surface area is 156 Å². The molecule has 1 unspecified atom stereocenters. The largest absolute Gasteiger partial charge is 0.368 e. The number of nitrogens with one attached hydrogen (secondary N) is 3. The van der Waals surface area contributed by atoms with Crippen molar-refractivity contribution in [1.29, 1.82) is 0 Å². The van der Waals surface area contributed by atoms with Crippen LogP contribution in [-0.2, 0) is 25.6 Å². The molecule has 2 saturated heterocycles. The summed E-state index contributed by atoms with van der Waals surface area (Å²) in [5, 5.41) is 5.37. The molecule has 2 aliphatic heterocycles. The maximum atomic E-state index is 13.0. The molecule has 3 rings (SSSR count). The van der Waals surface area contributed by atoms with Crippen LogP contribution in [0.4, 0.5) is 0 Å². The van der Waals surface area contributed by atoms with Gasteiger partial charge in [0.25, 0.3) is 0 Å². The van der Waals surface area contributed by atoms with Crippen LogP contribution in [0, 0.1) is 0 Å². The number of aromatic amines is 1. The van der Waals surface area contributed by atoms with E-state index in [1.807, 2.05) is 0 Å². The summed E-state index contributed by atoms with van der Waals surface area (Å²) in [5.74, 6) is -1.50. The highest BCUT2D eigenvalue weighted by Crippen LogP contribution is 2.19. The van der Waals surface area contributed by atoms with Gasteiger partial charge in [0, 0.05) is 25.6 Å². The summed E-state index contributed by atoms with van der Waals surface area (Å²) in [5.41, 5.74) is 6.02. The number of piperidine rings is 1. The van der Waals surface area contributed by atoms with Crippen LogP contribution in [0.5, 0.6) is 0 Å². The number of aromatic nitrogens is 2. The zero-order chi connectivity index (χ0) is 19.4. The van der Waals surface area contributed by atoms with Crippen molar-refractivity contribution in [3.8, 4) is 0 Å². The molecule has 146 valence electrons. The van der Waals surface area contributed by atoms with Crippen LogP contribution >= 0.6 is 0 Å². The van der Waals surface area contributed by atoms with Crippen molar-refractivity contribution in [1.82, 2.24) is 25.5 Å². The molecule has 1 aromatic rings. The Bertz CT molecular complexity index is 719. The van der Waals surface area contributed by atoms with Crippen LogP contribution in [0.15, 0.2) is 12.5 Å². The summed E-state index contributed by atoms with van der Waals surface area (Å²) >= 11 is 0. The molecule has 10 nitrogen and oxygen atoms in total.